The van der Waals surface area contributed by atoms with Crippen molar-refractivity contribution in [3.05, 3.63) is 29.2 Å². The van der Waals surface area contributed by atoms with Crippen molar-refractivity contribution in [1.29, 1.82) is 0 Å². The van der Waals surface area contributed by atoms with Gasteiger partial charge in [-0.1, -0.05) is 6.92 Å². The van der Waals surface area contributed by atoms with Crippen LogP contribution in [0.4, 0.5) is 4.39 Å². The van der Waals surface area contributed by atoms with Crippen LogP contribution in [0.2, 0.25) is 0 Å². The number of halogens is 1. The minimum absolute atomic E-state index is 0.112. The van der Waals surface area contributed by atoms with Crippen LogP contribution in [-0.2, 0) is 13.5 Å². The number of hydrogen-bond acceptors (Lipinski definition) is 1. The molecule has 0 aliphatic heterocycles. The van der Waals surface area contributed by atoms with E-state index in [4.69, 9.17) is 0 Å². The normalized spacial score (nSPS) is 11.1. The van der Waals surface area contributed by atoms with Crippen molar-refractivity contribution < 1.29 is 4.39 Å². The largest absolute Gasteiger partial charge is 0.275 e. The van der Waals surface area contributed by atoms with Crippen molar-refractivity contribution in [3.63, 3.8) is 0 Å². The summed E-state index contributed by atoms with van der Waals surface area (Å²) in [5.41, 5.74) is 2.19. The lowest BCUT2D eigenvalue weighted by atomic mass is 10.1. The van der Waals surface area contributed by atoms with E-state index in [1.54, 1.807) is 11.6 Å². The summed E-state index contributed by atoms with van der Waals surface area (Å²) in [4.78, 5) is 0. The van der Waals surface area contributed by atoms with Crippen molar-refractivity contribution in [2.24, 2.45) is 7.05 Å². The maximum Gasteiger partial charge on any atom is 0.131 e. The predicted molar refractivity (Wildman–Crippen MR) is 54.8 cm³/mol. The van der Waals surface area contributed by atoms with Gasteiger partial charge >= 0.3 is 0 Å². The Morgan fingerprint density at radius 1 is 1.50 bits per heavy atom. The molecule has 0 radical (unpaired) electrons. The molecular formula is C11H13FN2. The third-order valence-corrected chi connectivity index (χ3v) is 2.53. The summed E-state index contributed by atoms with van der Waals surface area (Å²) in [7, 11) is 1.85. The quantitative estimate of drug-likeness (QED) is 0.679. The Kier molecular flexibility index (Phi) is 2.02. The molecule has 0 atom stereocenters. The third kappa shape index (κ3) is 1.20. The van der Waals surface area contributed by atoms with E-state index in [0.29, 0.717) is 5.56 Å². The molecule has 2 rings (SSSR count). The molecule has 0 fully saturated rings. The first-order chi connectivity index (χ1) is 6.63. The summed E-state index contributed by atoms with van der Waals surface area (Å²) in [6.45, 7) is 3.74. The van der Waals surface area contributed by atoms with Crippen LogP contribution in [0.15, 0.2) is 12.3 Å². The average molecular weight is 192 g/mol. The second-order valence-corrected chi connectivity index (χ2v) is 3.57. The van der Waals surface area contributed by atoms with E-state index in [9.17, 15) is 4.39 Å². The van der Waals surface area contributed by atoms with Gasteiger partial charge in [0.05, 0.1) is 5.52 Å². The van der Waals surface area contributed by atoms with Gasteiger partial charge in [-0.05, 0) is 25.0 Å². The molecule has 0 aliphatic carbocycles. The average Bonchev–Trinajstić information content (AvgIpc) is 2.52. The van der Waals surface area contributed by atoms with Gasteiger partial charge in [-0.3, -0.25) is 4.68 Å². The second kappa shape index (κ2) is 3.08. The highest BCUT2D eigenvalue weighted by Crippen LogP contribution is 2.23. The zero-order chi connectivity index (χ0) is 10.3. The molecule has 2 aromatic rings. The zero-order valence-electron chi connectivity index (χ0n) is 8.63. The molecule has 1 aromatic carbocycles. The Morgan fingerprint density at radius 3 is 2.86 bits per heavy atom. The number of aryl methyl sites for hydroxylation is 3. The van der Waals surface area contributed by atoms with Crippen molar-refractivity contribution in [2.75, 3.05) is 0 Å². The summed E-state index contributed by atoms with van der Waals surface area (Å²) in [6.07, 6.45) is 2.64. The Bertz CT molecular complexity index is 485. The third-order valence-electron chi connectivity index (χ3n) is 2.53. The van der Waals surface area contributed by atoms with Crippen LogP contribution >= 0.6 is 0 Å². The van der Waals surface area contributed by atoms with E-state index in [1.807, 2.05) is 26.2 Å². The fraction of sp³-hybridized carbons (Fsp3) is 0.364. The van der Waals surface area contributed by atoms with Crippen LogP contribution in [0.5, 0.6) is 0 Å². The summed E-state index contributed by atoms with van der Waals surface area (Å²) in [6, 6.07) is 1.88. The highest BCUT2D eigenvalue weighted by Gasteiger charge is 2.10. The Morgan fingerprint density at radius 2 is 2.21 bits per heavy atom. The van der Waals surface area contributed by atoms with Gasteiger partial charge < -0.3 is 0 Å². The van der Waals surface area contributed by atoms with Crippen molar-refractivity contribution in [2.45, 2.75) is 20.3 Å². The van der Waals surface area contributed by atoms with Gasteiger partial charge in [-0.15, -0.1) is 0 Å². The van der Waals surface area contributed by atoms with Crippen LogP contribution in [0, 0.1) is 12.7 Å². The van der Waals surface area contributed by atoms with Gasteiger partial charge in [0.2, 0.25) is 0 Å². The molecule has 0 amide bonds. The molecule has 2 nitrogen and oxygen atoms in total. The summed E-state index contributed by atoms with van der Waals surface area (Å²) in [5.74, 6) is -0.112. The molecular weight excluding hydrogens is 179 g/mol. The molecule has 74 valence electrons. The fourth-order valence-corrected chi connectivity index (χ4v) is 1.76. The summed E-state index contributed by atoms with van der Waals surface area (Å²) < 4.78 is 15.4. The second-order valence-electron chi connectivity index (χ2n) is 3.57. The lowest BCUT2D eigenvalue weighted by Crippen LogP contribution is -1.93. The number of fused-ring (bicyclic) bond motifs is 1. The molecule has 0 saturated carbocycles. The smallest absolute Gasteiger partial charge is 0.131 e. The first-order valence-corrected chi connectivity index (χ1v) is 4.74. The van der Waals surface area contributed by atoms with Crippen LogP contribution in [-0.4, -0.2) is 9.78 Å². The molecule has 1 heterocycles. The van der Waals surface area contributed by atoms with Crippen molar-refractivity contribution in [3.8, 4) is 0 Å². The predicted octanol–water partition coefficient (Wildman–Crippen LogP) is 2.58. The molecule has 3 heteroatoms. The molecule has 14 heavy (non-hydrogen) atoms. The molecule has 0 unspecified atom stereocenters. The lowest BCUT2D eigenvalue weighted by Gasteiger charge is -2.03. The highest BCUT2D eigenvalue weighted by atomic mass is 19.1. The molecule has 0 spiro atoms. The Labute approximate surface area is 82.3 Å². The number of nitrogens with zero attached hydrogens (tertiary/aromatic N) is 2. The number of benzene rings is 1. The molecule has 1 aromatic heterocycles. The van der Waals surface area contributed by atoms with Crippen LogP contribution < -0.4 is 0 Å². The molecule has 0 saturated heterocycles. The first kappa shape index (κ1) is 9.19. The van der Waals surface area contributed by atoms with E-state index < -0.39 is 0 Å². The number of aromatic nitrogens is 2. The Balaban J connectivity index is 2.84. The van der Waals surface area contributed by atoms with Gasteiger partial charge in [0.25, 0.3) is 0 Å². The maximum absolute atomic E-state index is 13.7. The molecule has 0 N–H and O–H groups in total. The summed E-state index contributed by atoms with van der Waals surface area (Å²) in [5, 5.41) is 5.24. The van der Waals surface area contributed by atoms with Gasteiger partial charge in [-0.2, -0.15) is 5.10 Å². The SMILES string of the molecule is CCc1cc2cn(C)nc2c(C)c1F. The zero-order valence-corrected chi connectivity index (χ0v) is 8.63. The van der Waals surface area contributed by atoms with Crippen LogP contribution in [0.25, 0.3) is 10.9 Å². The van der Waals surface area contributed by atoms with E-state index >= 15 is 0 Å². The van der Waals surface area contributed by atoms with Gasteiger partial charge in [0, 0.05) is 24.2 Å². The summed E-state index contributed by atoms with van der Waals surface area (Å²) >= 11 is 0. The standard InChI is InChI=1S/C11H13FN2/c1-4-8-5-9-6-14(3)13-11(9)7(2)10(8)12/h5-6H,4H2,1-3H3. The van der Waals surface area contributed by atoms with E-state index in [2.05, 4.69) is 5.10 Å². The van der Waals surface area contributed by atoms with Gasteiger partial charge in [-0.25, -0.2) is 4.39 Å². The van der Waals surface area contributed by atoms with Gasteiger partial charge in [0.15, 0.2) is 0 Å². The first-order valence-electron chi connectivity index (χ1n) is 4.74. The minimum atomic E-state index is -0.112. The van der Waals surface area contributed by atoms with Crippen LogP contribution in [0.1, 0.15) is 18.1 Å². The fourth-order valence-electron chi connectivity index (χ4n) is 1.76. The van der Waals surface area contributed by atoms with Gasteiger partial charge in [0.1, 0.15) is 5.82 Å². The minimum Gasteiger partial charge on any atom is -0.275 e. The van der Waals surface area contributed by atoms with E-state index in [0.717, 1.165) is 22.9 Å². The monoisotopic (exact) mass is 192 g/mol. The van der Waals surface area contributed by atoms with Crippen molar-refractivity contribution in [1.82, 2.24) is 9.78 Å². The van der Waals surface area contributed by atoms with Crippen LogP contribution in [0.3, 0.4) is 0 Å². The highest BCUT2D eigenvalue weighted by molar-refractivity contribution is 5.82. The topological polar surface area (TPSA) is 17.8 Å². The lowest BCUT2D eigenvalue weighted by molar-refractivity contribution is 0.605. The Hall–Kier alpha value is -1.38. The van der Waals surface area contributed by atoms with E-state index in [-0.39, 0.29) is 5.82 Å². The number of rotatable bonds is 1. The van der Waals surface area contributed by atoms with Crippen molar-refractivity contribution >= 4 is 10.9 Å². The molecule has 0 bridgehead atoms. The number of hydrogen-bond donors (Lipinski definition) is 0. The van der Waals surface area contributed by atoms with E-state index in [1.165, 1.54) is 0 Å². The molecule has 0 aliphatic rings. The maximum atomic E-state index is 13.7.